The molecule has 0 fully saturated rings. The first-order valence-corrected chi connectivity index (χ1v) is 6.06. The molecule has 3 N–H and O–H groups in total. The number of nitrogen functional groups attached to an aromatic ring is 1. The molecule has 0 aromatic heterocycles. The van der Waals surface area contributed by atoms with Gasteiger partial charge in [0.2, 0.25) is 5.91 Å². The van der Waals surface area contributed by atoms with Gasteiger partial charge in [0.1, 0.15) is 11.4 Å². The van der Waals surface area contributed by atoms with Crippen molar-refractivity contribution in [1.29, 1.82) is 0 Å². The van der Waals surface area contributed by atoms with E-state index in [1.165, 1.54) is 25.1 Å². The summed E-state index contributed by atoms with van der Waals surface area (Å²) in [6.07, 6.45) is 0. The first kappa shape index (κ1) is 14.3. The summed E-state index contributed by atoms with van der Waals surface area (Å²) in [7, 11) is 0. The molecule has 1 amide bonds. The highest BCUT2D eigenvalue weighted by Crippen LogP contribution is 2.32. The lowest BCUT2D eigenvalue weighted by Crippen LogP contribution is -2.06. The van der Waals surface area contributed by atoms with Crippen LogP contribution in [0.1, 0.15) is 6.92 Å². The van der Waals surface area contributed by atoms with E-state index in [4.69, 9.17) is 10.5 Å². The predicted molar refractivity (Wildman–Crippen MR) is 78.3 cm³/mol. The Hall–Kier alpha value is -3.09. The number of nitro benzene ring substituents is 1. The number of amides is 1. The number of carbonyl (C=O) groups is 1. The molecular formula is C14H13N3O4. The fourth-order valence-electron chi connectivity index (χ4n) is 1.74. The number of nitro groups is 1. The van der Waals surface area contributed by atoms with Crippen LogP contribution in [0.3, 0.4) is 0 Å². The summed E-state index contributed by atoms with van der Waals surface area (Å²) in [6.45, 7) is 1.39. The molecule has 0 heterocycles. The molecule has 21 heavy (non-hydrogen) atoms. The van der Waals surface area contributed by atoms with Crippen LogP contribution in [-0.4, -0.2) is 10.8 Å². The minimum Gasteiger partial charge on any atom is -0.455 e. The molecular weight excluding hydrogens is 274 g/mol. The second-order valence-electron chi connectivity index (χ2n) is 4.26. The zero-order valence-corrected chi connectivity index (χ0v) is 11.2. The van der Waals surface area contributed by atoms with E-state index in [2.05, 4.69) is 5.32 Å². The van der Waals surface area contributed by atoms with Crippen molar-refractivity contribution in [1.82, 2.24) is 0 Å². The standard InChI is InChI=1S/C14H13N3O4/c1-9(18)16-12-4-2-3-5-14(12)21-10-6-7-13(17(19)20)11(15)8-10/h2-8H,15H2,1H3,(H,16,18). The smallest absolute Gasteiger partial charge is 0.292 e. The quantitative estimate of drug-likeness (QED) is 0.510. The first-order chi connectivity index (χ1) is 9.97. The molecule has 0 spiro atoms. The number of rotatable bonds is 4. The van der Waals surface area contributed by atoms with E-state index in [-0.39, 0.29) is 17.3 Å². The summed E-state index contributed by atoms with van der Waals surface area (Å²) in [6, 6.07) is 10.9. The Kier molecular flexibility index (Phi) is 4.03. The van der Waals surface area contributed by atoms with Gasteiger partial charge in [-0.05, 0) is 18.2 Å². The van der Waals surface area contributed by atoms with Gasteiger partial charge in [-0.15, -0.1) is 0 Å². The summed E-state index contributed by atoms with van der Waals surface area (Å²) in [5.74, 6) is 0.533. The van der Waals surface area contributed by atoms with Crippen molar-refractivity contribution in [2.24, 2.45) is 0 Å². The van der Waals surface area contributed by atoms with Gasteiger partial charge >= 0.3 is 0 Å². The van der Waals surface area contributed by atoms with Crippen LogP contribution in [-0.2, 0) is 4.79 Å². The van der Waals surface area contributed by atoms with Crippen molar-refractivity contribution in [2.45, 2.75) is 6.92 Å². The summed E-state index contributed by atoms with van der Waals surface area (Å²) in [4.78, 5) is 21.3. The maximum atomic E-state index is 11.1. The van der Waals surface area contributed by atoms with Crippen LogP contribution in [0.2, 0.25) is 0 Å². The molecule has 7 nitrogen and oxygen atoms in total. The fourth-order valence-corrected chi connectivity index (χ4v) is 1.74. The Morgan fingerprint density at radius 3 is 2.62 bits per heavy atom. The van der Waals surface area contributed by atoms with Gasteiger partial charge in [0.25, 0.3) is 5.69 Å². The largest absolute Gasteiger partial charge is 0.455 e. The summed E-state index contributed by atoms with van der Waals surface area (Å²) < 4.78 is 5.61. The van der Waals surface area contributed by atoms with Crippen LogP contribution in [0, 0.1) is 10.1 Å². The Balaban J connectivity index is 2.28. The SMILES string of the molecule is CC(=O)Nc1ccccc1Oc1ccc([N+](=O)[O-])c(N)c1. The van der Waals surface area contributed by atoms with Gasteiger partial charge in [0, 0.05) is 19.1 Å². The number of hydrogen-bond donors (Lipinski definition) is 2. The minimum atomic E-state index is -0.565. The van der Waals surface area contributed by atoms with Crippen molar-refractivity contribution in [3.63, 3.8) is 0 Å². The average molecular weight is 287 g/mol. The average Bonchev–Trinajstić information content (AvgIpc) is 2.40. The lowest BCUT2D eigenvalue weighted by molar-refractivity contribution is -0.383. The van der Waals surface area contributed by atoms with Gasteiger partial charge in [-0.25, -0.2) is 0 Å². The number of ether oxygens (including phenoxy) is 1. The summed E-state index contributed by atoms with van der Waals surface area (Å²) in [5.41, 5.74) is 5.93. The van der Waals surface area contributed by atoms with E-state index in [0.29, 0.717) is 17.2 Å². The molecule has 0 atom stereocenters. The van der Waals surface area contributed by atoms with Crippen LogP contribution in [0.15, 0.2) is 42.5 Å². The van der Waals surface area contributed by atoms with E-state index in [1.807, 2.05) is 0 Å². The van der Waals surface area contributed by atoms with Crippen LogP contribution < -0.4 is 15.8 Å². The molecule has 0 aliphatic carbocycles. The molecule has 0 radical (unpaired) electrons. The van der Waals surface area contributed by atoms with E-state index < -0.39 is 4.92 Å². The second-order valence-corrected chi connectivity index (χ2v) is 4.26. The van der Waals surface area contributed by atoms with Crippen LogP contribution in [0.25, 0.3) is 0 Å². The minimum absolute atomic E-state index is 0.00880. The van der Waals surface area contributed by atoms with Crippen molar-refractivity contribution < 1.29 is 14.5 Å². The Morgan fingerprint density at radius 1 is 1.29 bits per heavy atom. The summed E-state index contributed by atoms with van der Waals surface area (Å²) in [5, 5.41) is 13.3. The van der Waals surface area contributed by atoms with Gasteiger partial charge in [-0.2, -0.15) is 0 Å². The van der Waals surface area contributed by atoms with Gasteiger partial charge in [0.05, 0.1) is 10.6 Å². The van der Waals surface area contributed by atoms with Gasteiger partial charge < -0.3 is 15.8 Å². The molecule has 0 unspecified atom stereocenters. The molecule has 2 rings (SSSR count). The molecule has 2 aromatic rings. The first-order valence-electron chi connectivity index (χ1n) is 6.06. The highest BCUT2D eigenvalue weighted by atomic mass is 16.6. The third-order valence-corrected chi connectivity index (χ3v) is 2.62. The fraction of sp³-hybridized carbons (Fsp3) is 0.0714. The van der Waals surface area contributed by atoms with Gasteiger partial charge in [-0.3, -0.25) is 14.9 Å². The Bertz CT molecular complexity index is 700. The van der Waals surface area contributed by atoms with Gasteiger partial charge in [-0.1, -0.05) is 12.1 Å². The molecule has 0 aliphatic rings. The lowest BCUT2D eigenvalue weighted by Gasteiger charge is -2.11. The number of benzene rings is 2. The number of anilines is 2. The lowest BCUT2D eigenvalue weighted by atomic mass is 10.2. The molecule has 0 bridgehead atoms. The van der Waals surface area contributed by atoms with Gasteiger partial charge in [0.15, 0.2) is 5.75 Å². The topological polar surface area (TPSA) is 107 Å². The second kappa shape index (κ2) is 5.91. The Labute approximate surface area is 120 Å². The van der Waals surface area contributed by atoms with Crippen LogP contribution >= 0.6 is 0 Å². The zero-order chi connectivity index (χ0) is 15.4. The molecule has 7 heteroatoms. The molecule has 2 aromatic carbocycles. The van der Waals surface area contributed by atoms with Crippen LogP contribution in [0.4, 0.5) is 17.1 Å². The van der Waals surface area contributed by atoms with E-state index >= 15 is 0 Å². The van der Waals surface area contributed by atoms with E-state index in [1.54, 1.807) is 24.3 Å². The molecule has 0 aliphatic heterocycles. The number of carbonyl (C=O) groups excluding carboxylic acids is 1. The van der Waals surface area contributed by atoms with Crippen molar-refractivity contribution in [2.75, 3.05) is 11.1 Å². The third kappa shape index (κ3) is 3.47. The normalized spacial score (nSPS) is 9.95. The molecule has 0 saturated heterocycles. The monoisotopic (exact) mass is 287 g/mol. The third-order valence-electron chi connectivity index (χ3n) is 2.62. The highest BCUT2D eigenvalue weighted by molar-refractivity contribution is 5.90. The number of nitrogens with two attached hydrogens (primary N) is 1. The maximum absolute atomic E-state index is 11.1. The van der Waals surface area contributed by atoms with Crippen molar-refractivity contribution in [3.8, 4) is 11.5 Å². The number of para-hydroxylation sites is 2. The number of nitrogens with one attached hydrogen (secondary N) is 1. The van der Waals surface area contributed by atoms with Crippen molar-refractivity contribution in [3.05, 3.63) is 52.6 Å². The maximum Gasteiger partial charge on any atom is 0.292 e. The van der Waals surface area contributed by atoms with E-state index in [0.717, 1.165) is 0 Å². The van der Waals surface area contributed by atoms with E-state index in [9.17, 15) is 14.9 Å². The highest BCUT2D eigenvalue weighted by Gasteiger charge is 2.13. The molecule has 108 valence electrons. The van der Waals surface area contributed by atoms with Crippen LogP contribution in [0.5, 0.6) is 11.5 Å². The predicted octanol–water partition coefficient (Wildman–Crippen LogP) is 2.93. The van der Waals surface area contributed by atoms with Crippen molar-refractivity contribution >= 4 is 23.0 Å². The zero-order valence-electron chi connectivity index (χ0n) is 11.2. The number of hydrogen-bond acceptors (Lipinski definition) is 5. The summed E-state index contributed by atoms with van der Waals surface area (Å²) >= 11 is 0. The number of nitrogens with zero attached hydrogens (tertiary/aromatic N) is 1. The Morgan fingerprint density at radius 2 is 2.00 bits per heavy atom. The molecule has 0 saturated carbocycles.